The van der Waals surface area contributed by atoms with Gasteiger partial charge in [-0.2, -0.15) is 0 Å². The van der Waals surface area contributed by atoms with Crippen LogP contribution in [0.3, 0.4) is 0 Å². The summed E-state index contributed by atoms with van der Waals surface area (Å²) in [6.45, 7) is 9.59. The molecular formula is C10H23NO2S. The largest absolute Gasteiger partial charge is 0.214 e. The van der Waals surface area contributed by atoms with Crippen molar-refractivity contribution in [3.8, 4) is 0 Å². The smallest absolute Gasteiger partial charge is 0.212 e. The van der Waals surface area contributed by atoms with Gasteiger partial charge < -0.3 is 0 Å². The Bertz CT molecular complexity index is 245. The molecule has 0 unspecified atom stereocenters. The van der Waals surface area contributed by atoms with Crippen LogP contribution in [0.4, 0.5) is 0 Å². The van der Waals surface area contributed by atoms with Crippen LogP contribution in [0.2, 0.25) is 0 Å². The van der Waals surface area contributed by atoms with E-state index in [9.17, 15) is 8.42 Å². The first kappa shape index (κ1) is 13.9. The van der Waals surface area contributed by atoms with Gasteiger partial charge in [0.25, 0.3) is 0 Å². The topological polar surface area (TPSA) is 46.2 Å². The standard InChI is InChI=1S/C10H23NO2S/c1-8(2)6-7-10(5)11-14(12,13)9(3)4/h8-11H,6-7H2,1-5H3/t10-/m1/s1. The van der Waals surface area contributed by atoms with Gasteiger partial charge in [0.15, 0.2) is 0 Å². The van der Waals surface area contributed by atoms with Gasteiger partial charge in [-0.25, -0.2) is 13.1 Å². The molecule has 0 fully saturated rings. The Morgan fingerprint density at radius 2 is 1.50 bits per heavy atom. The van der Waals surface area contributed by atoms with E-state index in [-0.39, 0.29) is 11.3 Å². The molecular weight excluding hydrogens is 198 g/mol. The Kier molecular flexibility index (Phi) is 5.67. The molecule has 0 bridgehead atoms. The lowest BCUT2D eigenvalue weighted by molar-refractivity contribution is 0.483. The van der Waals surface area contributed by atoms with E-state index in [2.05, 4.69) is 18.6 Å². The van der Waals surface area contributed by atoms with Crippen LogP contribution in [-0.4, -0.2) is 19.7 Å². The van der Waals surface area contributed by atoms with Crippen molar-refractivity contribution in [1.82, 2.24) is 4.72 Å². The molecule has 3 nitrogen and oxygen atoms in total. The molecule has 86 valence electrons. The van der Waals surface area contributed by atoms with E-state index >= 15 is 0 Å². The fourth-order valence-corrected chi connectivity index (χ4v) is 2.01. The zero-order chi connectivity index (χ0) is 11.4. The summed E-state index contributed by atoms with van der Waals surface area (Å²) in [6.07, 6.45) is 1.96. The molecule has 0 heterocycles. The quantitative estimate of drug-likeness (QED) is 0.747. The monoisotopic (exact) mass is 221 g/mol. The summed E-state index contributed by atoms with van der Waals surface area (Å²) >= 11 is 0. The molecule has 0 aliphatic heterocycles. The Hall–Kier alpha value is -0.0900. The SMILES string of the molecule is CC(C)CC[C@@H](C)NS(=O)(=O)C(C)C. The van der Waals surface area contributed by atoms with Crippen molar-refractivity contribution in [3.63, 3.8) is 0 Å². The summed E-state index contributed by atoms with van der Waals surface area (Å²) in [5, 5.41) is -0.344. The Morgan fingerprint density at radius 1 is 1.00 bits per heavy atom. The summed E-state index contributed by atoms with van der Waals surface area (Å²) in [6, 6.07) is 0.0461. The zero-order valence-corrected chi connectivity index (χ0v) is 10.7. The molecule has 0 saturated carbocycles. The third-order valence-electron chi connectivity index (χ3n) is 2.16. The molecule has 0 aliphatic carbocycles. The molecule has 0 amide bonds. The van der Waals surface area contributed by atoms with Crippen LogP contribution in [-0.2, 0) is 10.0 Å². The van der Waals surface area contributed by atoms with E-state index in [1.54, 1.807) is 13.8 Å². The first-order chi connectivity index (χ1) is 6.25. The second-order valence-corrected chi connectivity index (χ2v) is 6.85. The highest BCUT2D eigenvalue weighted by molar-refractivity contribution is 7.90. The molecule has 0 radical (unpaired) electrons. The highest BCUT2D eigenvalue weighted by Gasteiger charge is 2.18. The number of rotatable bonds is 6. The minimum atomic E-state index is -3.10. The predicted molar refractivity (Wildman–Crippen MR) is 60.7 cm³/mol. The third kappa shape index (κ3) is 5.60. The lowest BCUT2D eigenvalue weighted by Crippen LogP contribution is -2.37. The molecule has 0 aromatic heterocycles. The van der Waals surface area contributed by atoms with Crippen molar-refractivity contribution in [1.29, 1.82) is 0 Å². The van der Waals surface area contributed by atoms with Crippen molar-refractivity contribution in [3.05, 3.63) is 0 Å². The minimum Gasteiger partial charge on any atom is -0.212 e. The minimum absolute atomic E-state index is 0.0461. The molecule has 0 aliphatic rings. The highest BCUT2D eigenvalue weighted by Crippen LogP contribution is 2.08. The fraction of sp³-hybridized carbons (Fsp3) is 1.00. The van der Waals surface area contributed by atoms with E-state index in [1.807, 2.05) is 6.92 Å². The van der Waals surface area contributed by atoms with E-state index in [1.165, 1.54) is 0 Å². The van der Waals surface area contributed by atoms with Crippen LogP contribution in [0, 0.1) is 5.92 Å². The van der Waals surface area contributed by atoms with Crippen molar-refractivity contribution >= 4 is 10.0 Å². The average Bonchev–Trinajstić information content (AvgIpc) is 1.99. The van der Waals surface area contributed by atoms with E-state index in [0.717, 1.165) is 12.8 Å². The van der Waals surface area contributed by atoms with Crippen LogP contribution in [0.5, 0.6) is 0 Å². The van der Waals surface area contributed by atoms with Gasteiger partial charge >= 0.3 is 0 Å². The Labute approximate surface area is 88.3 Å². The summed E-state index contributed by atoms with van der Waals surface area (Å²) in [4.78, 5) is 0. The Balaban J connectivity index is 4.00. The van der Waals surface area contributed by atoms with Crippen molar-refractivity contribution in [2.75, 3.05) is 0 Å². The van der Waals surface area contributed by atoms with Gasteiger partial charge in [-0.3, -0.25) is 0 Å². The predicted octanol–water partition coefficient (Wildman–Crippen LogP) is 2.14. The van der Waals surface area contributed by atoms with Crippen LogP contribution in [0.25, 0.3) is 0 Å². The second kappa shape index (κ2) is 5.71. The van der Waals surface area contributed by atoms with E-state index < -0.39 is 10.0 Å². The van der Waals surface area contributed by atoms with Crippen molar-refractivity contribution in [2.24, 2.45) is 5.92 Å². The summed E-state index contributed by atoms with van der Waals surface area (Å²) < 4.78 is 25.6. The van der Waals surface area contributed by atoms with Crippen LogP contribution < -0.4 is 4.72 Å². The van der Waals surface area contributed by atoms with Gasteiger partial charge in [0.1, 0.15) is 0 Å². The maximum Gasteiger partial charge on any atom is 0.214 e. The number of hydrogen-bond acceptors (Lipinski definition) is 2. The fourth-order valence-electron chi connectivity index (χ4n) is 1.06. The van der Waals surface area contributed by atoms with Gasteiger partial charge in [-0.15, -0.1) is 0 Å². The molecule has 1 N–H and O–H groups in total. The molecule has 1 atom stereocenters. The normalized spacial score (nSPS) is 15.1. The van der Waals surface area contributed by atoms with Gasteiger partial charge in [-0.1, -0.05) is 13.8 Å². The van der Waals surface area contributed by atoms with E-state index in [0.29, 0.717) is 5.92 Å². The summed E-state index contributed by atoms with van der Waals surface area (Å²) in [5.74, 6) is 0.626. The number of nitrogens with one attached hydrogen (secondary N) is 1. The maximum atomic E-state index is 11.5. The summed E-state index contributed by atoms with van der Waals surface area (Å²) in [5.41, 5.74) is 0. The van der Waals surface area contributed by atoms with Crippen molar-refractivity contribution in [2.45, 2.75) is 58.8 Å². The van der Waals surface area contributed by atoms with Gasteiger partial charge in [0, 0.05) is 6.04 Å². The van der Waals surface area contributed by atoms with Crippen molar-refractivity contribution < 1.29 is 8.42 Å². The van der Waals surface area contributed by atoms with Crippen LogP contribution >= 0.6 is 0 Å². The van der Waals surface area contributed by atoms with Gasteiger partial charge in [0.2, 0.25) is 10.0 Å². The molecule has 0 spiro atoms. The molecule has 0 rings (SSSR count). The first-order valence-electron chi connectivity index (χ1n) is 5.27. The molecule has 0 aromatic rings. The number of hydrogen-bond donors (Lipinski definition) is 1. The number of sulfonamides is 1. The van der Waals surface area contributed by atoms with Gasteiger partial charge in [0.05, 0.1) is 5.25 Å². The molecule has 0 aromatic carbocycles. The maximum absolute atomic E-state index is 11.5. The molecule has 14 heavy (non-hydrogen) atoms. The van der Waals surface area contributed by atoms with Gasteiger partial charge in [-0.05, 0) is 39.5 Å². The molecule has 0 saturated heterocycles. The Morgan fingerprint density at radius 3 is 1.86 bits per heavy atom. The third-order valence-corrected chi connectivity index (χ3v) is 4.14. The van der Waals surface area contributed by atoms with Crippen LogP contribution in [0.1, 0.15) is 47.5 Å². The molecule has 4 heteroatoms. The lowest BCUT2D eigenvalue weighted by Gasteiger charge is -2.16. The average molecular weight is 221 g/mol. The lowest BCUT2D eigenvalue weighted by atomic mass is 10.1. The first-order valence-corrected chi connectivity index (χ1v) is 6.81. The van der Waals surface area contributed by atoms with Crippen LogP contribution in [0.15, 0.2) is 0 Å². The summed E-state index contributed by atoms with van der Waals surface area (Å²) in [7, 11) is -3.10. The highest BCUT2D eigenvalue weighted by atomic mass is 32.2. The second-order valence-electron chi connectivity index (χ2n) is 4.58. The van der Waals surface area contributed by atoms with E-state index in [4.69, 9.17) is 0 Å². The zero-order valence-electron chi connectivity index (χ0n) is 9.87.